The molecule has 0 saturated carbocycles. The van der Waals surface area contributed by atoms with E-state index < -0.39 is 0 Å². The fraction of sp³-hybridized carbons (Fsp3) is 1.00. The molecule has 3 unspecified atom stereocenters. The number of rotatable bonds is 5. The van der Waals surface area contributed by atoms with Crippen LogP contribution in [0.4, 0.5) is 0 Å². The van der Waals surface area contributed by atoms with Crippen molar-refractivity contribution in [3.05, 3.63) is 0 Å². The Balaban J connectivity index is 1.61. The minimum absolute atomic E-state index is 0.426. The van der Waals surface area contributed by atoms with Gasteiger partial charge in [0.05, 0.1) is 6.10 Å². The van der Waals surface area contributed by atoms with E-state index in [0.29, 0.717) is 12.1 Å². The van der Waals surface area contributed by atoms with E-state index in [2.05, 4.69) is 24.2 Å². The van der Waals surface area contributed by atoms with Gasteiger partial charge in [0.25, 0.3) is 0 Å². The van der Waals surface area contributed by atoms with Crippen molar-refractivity contribution in [2.24, 2.45) is 0 Å². The molecule has 2 heterocycles. The van der Waals surface area contributed by atoms with E-state index in [0.717, 1.165) is 12.6 Å². The minimum Gasteiger partial charge on any atom is -0.377 e. The summed E-state index contributed by atoms with van der Waals surface area (Å²) in [6, 6.07) is 1.45. The number of nitrogens with zero attached hydrogens (tertiary/aromatic N) is 1. The number of likely N-dealkylation sites (N-methyl/N-ethyl adjacent to an activating group) is 1. The van der Waals surface area contributed by atoms with Crippen LogP contribution in [0.5, 0.6) is 0 Å². The largest absolute Gasteiger partial charge is 0.377 e. The van der Waals surface area contributed by atoms with Crippen molar-refractivity contribution >= 4 is 0 Å². The zero-order chi connectivity index (χ0) is 11.4. The first-order valence-corrected chi connectivity index (χ1v) is 6.82. The Morgan fingerprint density at radius 3 is 2.88 bits per heavy atom. The Kier molecular flexibility index (Phi) is 4.62. The normalized spacial score (nSPS) is 35.1. The molecule has 3 atom stereocenters. The van der Waals surface area contributed by atoms with Gasteiger partial charge >= 0.3 is 0 Å². The van der Waals surface area contributed by atoms with Gasteiger partial charge in [-0.05, 0) is 59.2 Å². The molecule has 2 aliphatic rings. The molecule has 3 heteroatoms. The van der Waals surface area contributed by atoms with Crippen molar-refractivity contribution in [2.45, 2.75) is 57.2 Å². The highest BCUT2D eigenvalue weighted by Gasteiger charge is 2.27. The molecule has 3 nitrogen and oxygen atoms in total. The third kappa shape index (κ3) is 3.19. The van der Waals surface area contributed by atoms with Crippen LogP contribution in [0.3, 0.4) is 0 Å². The molecule has 2 saturated heterocycles. The number of nitrogens with one attached hydrogen (secondary N) is 1. The lowest BCUT2D eigenvalue weighted by Crippen LogP contribution is -2.37. The minimum atomic E-state index is 0.426. The van der Waals surface area contributed by atoms with E-state index in [1.54, 1.807) is 0 Å². The van der Waals surface area contributed by atoms with Crippen LogP contribution < -0.4 is 5.32 Å². The predicted molar refractivity (Wildman–Crippen MR) is 66.7 cm³/mol. The fourth-order valence-corrected chi connectivity index (χ4v) is 3.06. The SMILES string of the molecule is CC1OCCC1N(C)CCCC1CCCN1. The maximum Gasteiger partial charge on any atom is 0.0702 e. The van der Waals surface area contributed by atoms with Gasteiger partial charge in [-0.2, -0.15) is 0 Å². The van der Waals surface area contributed by atoms with Crippen LogP contribution in [-0.2, 0) is 4.74 Å². The first-order valence-electron chi connectivity index (χ1n) is 6.82. The van der Waals surface area contributed by atoms with Crippen molar-refractivity contribution in [2.75, 3.05) is 26.7 Å². The van der Waals surface area contributed by atoms with Crippen LogP contribution in [0.25, 0.3) is 0 Å². The van der Waals surface area contributed by atoms with Gasteiger partial charge in [-0.3, -0.25) is 0 Å². The van der Waals surface area contributed by atoms with Crippen LogP contribution in [0.15, 0.2) is 0 Å². The fourth-order valence-electron chi connectivity index (χ4n) is 3.06. The molecule has 0 aromatic heterocycles. The summed E-state index contributed by atoms with van der Waals surface area (Å²) in [5.74, 6) is 0. The molecular weight excluding hydrogens is 200 g/mol. The molecule has 1 N–H and O–H groups in total. The van der Waals surface area contributed by atoms with Gasteiger partial charge in [0, 0.05) is 18.7 Å². The quantitative estimate of drug-likeness (QED) is 0.771. The topological polar surface area (TPSA) is 24.5 Å². The number of hydrogen-bond donors (Lipinski definition) is 1. The smallest absolute Gasteiger partial charge is 0.0702 e. The molecule has 16 heavy (non-hydrogen) atoms. The van der Waals surface area contributed by atoms with Crippen molar-refractivity contribution in [3.8, 4) is 0 Å². The van der Waals surface area contributed by atoms with Gasteiger partial charge in [0.15, 0.2) is 0 Å². The molecule has 0 aromatic carbocycles. The highest BCUT2D eigenvalue weighted by molar-refractivity contribution is 4.81. The average molecular weight is 226 g/mol. The van der Waals surface area contributed by atoms with E-state index >= 15 is 0 Å². The lowest BCUT2D eigenvalue weighted by molar-refractivity contribution is 0.0830. The Morgan fingerprint density at radius 2 is 2.25 bits per heavy atom. The van der Waals surface area contributed by atoms with Crippen LogP contribution in [0.2, 0.25) is 0 Å². The van der Waals surface area contributed by atoms with Crippen molar-refractivity contribution in [1.82, 2.24) is 10.2 Å². The van der Waals surface area contributed by atoms with Crippen LogP contribution >= 0.6 is 0 Å². The van der Waals surface area contributed by atoms with Gasteiger partial charge < -0.3 is 15.0 Å². The summed E-state index contributed by atoms with van der Waals surface area (Å²) in [7, 11) is 2.25. The summed E-state index contributed by atoms with van der Waals surface area (Å²) < 4.78 is 5.61. The van der Waals surface area contributed by atoms with Crippen LogP contribution in [0.1, 0.15) is 39.0 Å². The van der Waals surface area contributed by atoms with Gasteiger partial charge in [0.2, 0.25) is 0 Å². The lowest BCUT2D eigenvalue weighted by atomic mass is 10.1. The molecular formula is C13H26N2O. The molecule has 0 aromatic rings. The Hall–Kier alpha value is -0.120. The van der Waals surface area contributed by atoms with Gasteiger partial charge in [0.1, 0.15) is 0 Å². The molecule has 0 bridgehead atoms. The van der Waals surface area contributed by atoms with Crippen molar-refractivity contribution in [1.29, 1.82) is 0 Å². The summed E-state index contributed by atoms with van der Waals surface area (Å²) in [5.41, 5.74) is 0. The van der Waals surface area contributed by atoms with E-state index in [-0.39, 0.29) is 0 Å². The van der Waals surface area contributed by atoms with Crippen molar-refractivity contribution in [3.63, 3.8) is 0 Å². The van der Waals surface area contributed by atoms with Gasteiger partial charge in [-0.1, -0.05) is 0 Å². The number of hydrogen-bond acceptors (Lipinski definition) is 3. The third-order valence-corrected chi connectivity index (χ3v) is 4.13. The van der Waals surface area contributed by atoms with Crippen LogP contribution in [0, 0.1) is 0 Å². The van der Waals surface area contributed by atoms with Gasteiger partial charge in [-0.25, -0.2) is 0 Å². The third-order valence-electron chi connectivity index (χ3n) is 4.13. The molecule has 0 amide bonds. The maximum absolute atomic E-state index is 5.61. The standard InChI is InChI=1S/C13H26N2O/c1-11-13(7-10-16-11)15(2)9-4-6-12-5-3-8-14-12/h11-14H,3-10H2,1-2H3. The van der Waals surface area contributed by atoms with Crippen LogP contribution in [-0.4, -0.2) is 49.8 Å². The second-order valence-electron chi connectivity index (χ2n) is 5.35. The monoisotopic (exact) mass is 226 g/mol. The zero-order valence-corrected chi connectivity index (χ0v) is 10.7. The predicted octanol–water partition coefficient (Wildman–Crippen LogP) is 1.63. The highest BCUT2D eigenvalue weighted by Crippen LogP contribution is 2.19. The Morgan fingerprint density at radius 1 is 1.38 bits per heavy atom. The molecule has 2 aliphatic heterocycles. The van der Waals surface area contributed by atoms with Crippen molar-refractivity contribution < 1.29 is 4.74 Å². The summed E-state index contributed by atoms with van der Waals surface area (Å²) >= 11 is 0. The van der Waals surface area contributed by atoms with E-state index in [4.69, 9.17) is 4.74 Å². The first-order chi connectivity index (χ1) is 7.77. The molecule has 0 spiro atoms. The highest BCUT2D eigenvalue weighted by atomic mass is 16.5. The second kappa shape index (κ2) is 5.99. The van der Waals surface area contributed by atoms with E-state index in [1.165, 1.54) is 45.2 Å². The zero-order valence-electron chi connectivity index (χ0n) is 10.7. The van der Waals surface area contributed by atoms with Gasteiger partial charge in [-0.15, -0.1) is 0 Å². The molecule has 94 valence electrons. The number of ether oxygens (including phenoxy) is 1. The summed E-state index contributed by atoms with van der Waals surface area (Å²) in [6.07, 6.45) is 7.04. The lowest BCUT2D eigenvalue weighted by Gasteiger charge is -2.26. The van der Waals surface area contributed by atoms with E-state index in [9.17, 15) is 0 Å². The molecule has 0 radical (unpaired) electrons. The van der Waals surface area contributed by atoms with E-state index in [1.807, 2.05) is 0 Å². The maximum atomic E-state index is 5.61. The first kappa shape index (κ1) is 12.3. The summed E-state index contributed by atoms with van der Waals surface area (Å²) in [6.45, 7) is 5.59. The summed E-state index contributed by atoms with van der Waals surface area (Å²) in [5, 5.41) is 3.57. The summed E-state index contributed by atoms with van der Waals surface area (Å²) in [4.78, 5) is 2.49. The molecule has 2 rings (SSSR count). The Labute approximate surface area is 99.5 Å². The second-order valence-corrected chi connectivity index (χ2v) is 5.35. The average Bonchev–Trinajstić information content (AvgIpc) is 2.88. The molecule has 2 fully saturated rings. The molecule has 0 aliphatic carbocycles. The Bertz CT molecular complexity index is 204.